The highest BCUT2D eigenvalue weighted by Crippen LogP contribution is 2.38. The Balaban J connectivity index is 2.47. The van der Waals surface area contributed by atoms with Crippen LogP contribution in [0.1, 0.15) is 24.9 Å². The van der Waals surface area contributed by atoms with Gasteiger partial charge in [0.05, 0.1) is 11.6 Å². The van der Waals surface area contributed by atoms with Gasteiger partial charge in [-0.3, -0.25) is 9.59 Å². The van der Waals surface area contributed by atoms with Gasteiger partial charge in [-0.15, -0.1) is 0 Å². The van der Waals surface area contributed by atoms with E-state index >= 15 is 0 Å². The molecule has 1 amide bonds. The van der Waals surface area contributed by atoms with E-state index in [2.05, 4.69) is 0 Å². The molecule has 1 atom stereocenters. The molecule has 1 aliphatic heterocycles. The highest BCUT2D eigenvalue weighted by molar-refractivity contribution is 6.08. The van der Waals surface area contributed by atoms with Gasteiger partial charge >= 0.3 is 0 Å². The normalized spacial score (nSPS) is 18.2. The van der Waals surface area contributed by atoms with Gasteiger partial charge in [0.2, 0.25) is 0 Å². The monoisotopic (exact) mass is 318 g/mol. The number of likely N-dealkylation sites (N-methyl/N-ethyl adjacent to an activating group) is 1. The van der Waals surface area contributed by atoms with Gasteiger partial charge in [-0.25, -0.2) is 0 Å². The van der Waals surface area contributed by atoms with E-state index in [1.807, 2.05) is 19.0 Å². The Hall–Kier alpha value is -2.34. The average Bonchev–Trinajstić information content (AvgIpc) is 2.76. The minimum atomic E-state index is -0.665. The second-order valence-electron chi connectivity index (χ2n) is 5.84. The largest absolute Gasteiger partial charge is 0.508 e. The molecule has 0 bridgehead atoms. The summed E-state index contributed by atoms with van der Waals surface area (Å²) < 4.78 is 0. The Morgan fingerprint density at radius 2 is 2.00 bits per heavy atom. The van der Waals surface area contributed by atoms with E-state index in [9.17, 15) is 19.8 Å². The Bertz CT molecular complexity index is 652. The maximum atomic E-state index is 12.4. The first-order valence-corrected chi connectivity index (χ1v) is 7.57. The molecule has 0 aliphatic carbocycles. The van der Waals surface area contributed by atoms with Crippen molar-refractivity contribution in [1.29, 1.82) is 0 Å². The summed E-state index contributed by atoms with van der Waals surface area (Å²) in [5.74, 6) is -1.24. The zero-order chi connectivity index (χ0) is 17.1. The molecule has 2 rings (SSSR count). The third-order valence-corrected chi connectivity index (χ3v) is 3.90. The molecule has 1 aromatic rings. The third kappa shape index (κ3) is 3.37. The number of carbonyl (C=O) groups excluding carboxylic acids is 2. The highest BCUT2D eigenvalue weighted by Gasteiger charge is 2.42. The number of carbonyl (C=O) groups is 2. The van der Waals surface area contributed by atoms with Gasteiger partial charge in [-0.1, -0.05) is 19.1 Å². The number of Topliss-reactive ketones (excluding diaryl/α,β-unsaturated/α-hetero) is 1. The Kier molecular flexibility index (Phi) is 5.05. The number of hydrogen-bond acceptors (Lipinski definition) is 5. The van der Waals surface area contributed by atoms with Crippen LogP contribution in [0, 0.1) is 0 Å². The minimum absolute atomic E-state index is 0.0530. The summed E-state index contributed by atoms with van der Waals surface area (Å²) in [7, 11) is 3.77. The number of aliphatic hydroxyl groups excluding tert-OH is 1. The maximum Gasteiger partial charge on any atom is 0.290 e. The van der Waals surface area contributed by atoms with Crippen molar-refractivity contribution in [2.45, 2.75) is 19.4 Å². The van der Waals surface area contributed by atoms with E-state index in [1.165, 1.54) is 17.0 Å². The fourth-order valence-corrected chi connectivity index (χ4v) is 2.71. The van der Waals surface area contributed by atoms with Crippen LogP contribution in [0.15, 0.2) is 35.6 Å². The minimum Gasteiger partial charge on any atom is -0.508 e. The molecule has 6 nitrogen and oxygen atoms in total. The number of aromatic hydroxyl groups is 1. The van der Waals surface area contributed by atoms with Crippen LogP contribution in [-0.2, 0) is 9.59 Å². The molecule has 0 saturated heterocycles. The van der Waals surface area contributed by atoms with E-state index in [0.717, 1.165) is 0 Å². The zero-order valence-electron chi connectivity index (χ0n) is 13.6. The Morgan fingerprint density at radius 1 is 1.30 bits per heavy atom. The molecule has 1 aromatic carbocycles. The van der Waals surface area contributed by atoms with E-state index in [0.29, 0.717) is 18.7 Å². The lowest BCUT2D eigenvalue weighted by Crippen LogP contribution is -2.36. The van der Waals surface area contributed by atoms with E-state index in [-0.39, 0.29) is 23.5 Å². The van der Waals surface area contributed by atoms with Gasteiger partial charge in [-0.05, 0) is 31.8 Å². The van der Waals surface area contributed by atoms with Crippen LogP contribution in [0.2, 0.25) is 0 Å². The first-order chi connectivity index (χ1) is 10.9. The van der Waals surface area contributed by atoms with Gasteiger partial charge in [-0.2, -0.15) is 0 Å². The molecular weight excluding hydrogens is 296 g/mol. The number of phenols is 1. The quantitative estimate of drug-likeness (QED) is 0.833. The summed E-state index contributed by atoms with van der Waals surface area (Å²) in [6.45, 7) is 2.66. The molecule has 124 valence electrons. The molecule has 0 fully saturated rings. The average molecular weight is 318 g/mol. The van der Waals surface area contributed by atoms with Gasteiger partial charge in [0.1, 0.15) is 5.75 Å². The summed E-state index contributed by atoms with van der Waals surface area (Å²) in [4.78, 5) is 28.1. The summed E-state index contributed by atoms with van der Waals surface area (Å²) >= 11 is 0. The summed E-state index contributed by atoms with van der Waals surface area (Å²) in [6.07, 6.45) is 0.198. The van der Waals surface area contributed by atoms with E-state index < -0.39 is 17.7 Å². The molecule has 0 spiro atoms. The SMILES string of the molecule is CCC(=O)C1=C(O)C(=O)N(CCN(C)C)C1c1cccc(O)c1. The van der Waals surface area contributed by atoms with Crippen molar-refractivity contribution in [3.63, 3.8) is 0 Å². The number of benzene rings is 1. The van der Waals surface area contributed by atoms with E-state index in [4.69, 9.17) is 0 Å². The summed E-state index contributed by atoms with van der Waals surface area (Å²) in [6, 6.07) is 5.77. The van der Waals surface area contributed by atoms with Crippen molar-refractivity contribution in [1.82, 2.24) is 9.80 Å². The van der Waals surface area contributed by atoms with Crippen LogP contribution in [-0.4, -0.2) is 58.9 Å². The smallest absolute Gasteiger partial charge is 0.290 e. The van der Waals surface area contributed by atoms with Crippen LogP contribution in [0.5, 0.6) is 5.75 Å². The number of ketones is 1. The number of nitrogens with zero attached hydrogens (tertiary/aromatic N) is 2. The Labute approximate surface area is 135 Å². The standard InChI is InChI=1S/C17H22N2O4/c1-4-13(21)14-15(11-6-5-7-12(20)10-11)19(9-8-18(2)3)17(23)16(14)22/h5-7,10,15,20,22H,4,8-9H2,1-3H3. The van der Waals surface area contributed by atoms with Crippen LogP contribution in [0.4, 0.5) is 0 Å². The van der Waals surface area contributed by atoms with Gasteiger partial charge in [0.15, 0.2) is 11.5 Å². The van der Waals surface area contributed by atoms with Crippen LogP contribution >= 0.6 is 0 Å². The predicted octanol–water partition coefficient (Wildman–Crippen LogP) is 1.63. The topological polar surface area (TPSA) is 81.1 Å². The fourth-order valence-electron chi connectivity index (χ4n) is 2.71. The van der Waals surface area contributed by atoms with Crippen molar-refractivity contribution < 1.29 is 19.8 Å². The second kappa shape index (κ2) is 6.83. The highest BCUT2D eigenvalue weighted by atomic mass is 16.3. The van der Waals surface area contributed by atoms with Gasteiger partial charge in [0.25, 0.3) is 5.91 Å². The van der Waals surface area contributed by atoms with Crippen molar-refractivity contribution in [2.75, 3.05) is 27.2 Å². The number of amides is 1. The fraction of sp³-hybridized carbons (Fsp3) is 0.412. The van der Waals surface area contributed by atoms with Crippen molar-refractivity contribution in [2.24, 2.45) is 0 Å². The molecule has 0 saturated carbocycles. The molecule has 0 radical (unpaired) electrons. The molecule has 1 unspecified atom stereocenters. The van der Waals surface area contributed by atoms with Crippen molar-refractivity contribution in [3.05, 3.63) is 41.2 Å². The molecule has 0 aromatic heterocycles. The third-order valence-electron chi connectivity index (χ3n) is 3.90. The Morgan fingerprint density at radius 3 is 2.57 bits per heavy atom. The number of hydrogen-bond donors (Lipinski definition) is 2. The molecule has 6 heteroatoms. The molecule has 23 heavy (non-hydrogen) atoms. The lowest BCUT2D eigenvalue weighted by molar-refractivity contribution is -0.129. The van der Waals surface area contributed by atoms with Crippen LogP contribution < -0.4 is 0 Å². The molecule has 2 N–H and O–H groups in total. The first-order valence-electron chi connectivity index (χ1n) is 7.57. The number of rotatable bonds is 6. The summed E-state index contributed by atoms with van der Waals surface area (Å²) in [5.41, 5.74) is 0.722. The zero-order valence-corrected chi connectivity index (χ0v) is 13.6. The van der Waals surface area contributed by atoms with Gasteiger partial charge < -0.3 is 20.0 Å². The molecule has 1 aliphatic rings. The number of phenolic OH excluding ortho intramolecular Hbond substituents is 1. The lowest BCUT2D eigenvalue weighted by Gasteiger charge is -2.28. The van der Waals surface area contributed by atoms with Crippen molar-refractivity contribution >= 4 is 11.7 Å². The van der Waals surface area contributed by atoms with E-state index in [1.54, 1.807) is 19.1 Å². The first kappa shape index (κ1) is 17.0. The second-order valence-corrected chi connectivity index (χ2v) is 5.84. The predicted molar refractivity (Wildman–Crippen MR) is 86.1 cm³/mol. The lowest BCUT2D eigenvalue weighted by atomic mass is 9.95. The van der Waals surface area contributed by atoms with Gasteiger partial charge in [0, 0.05) is 19.5 Å². The van der Waals surface area contributed by atoms with Crippen LogP contribution in [0.3, 0.4) is 0 Å². The van der Waals surface area contributed by atoms with Crippen LogP contribution in [0.25, 0.3) is 0 Å². The molecule has 1 heterocycles. The molecular formula is C17H22N2O4. The maximum absolute atomic E-state index is 12.4. The number of aliphatic hydroxyl groups is 1. The van der Waals surface area contributed by atoms with Crippen molar-refractivity contribution in [3.8, 4) is 5.75 Å². The summed E-state index contributed by atoms with van der Waals surface area (Å²) in [5, 5.41) is 19.9.